The third kappa shape index (κ3) is 5.45. The number of benzene rings is 4. The van der Waals surface area contributed by atoms with E-state index in [4.69, 9.17) is 4.74 Å². The first-order valence-corrected chi connectivity index (χ1v) is 12.9. The molecule has 0 N–H and O–H groups in total. The molecule has 0 saturated heterocycles. The maximum absolute atomic E-state index is 10.6. The summed E-state index contributed by atoms with van der Waals surface area (Å²) in [7, 11) is 0. The quantitative estimate of drug-likeness (QED) is 0.287. The number of rotatable bonds is 9. The van der Waals surface area contributed by atoms with Crippen LogP contribution in [0.25, 0.3) is 0 Å². The summed E-state index contributed by atoms with van der Waals surface area (Å²) in [5.74, 6) is 2.09. The Bertz CT molecular complexity index is 1110. The lowest BCUT2D eigenvalue weighted by Gasteiger charge is -2.29. The van der Waals surface area contributed by atoms with Gasteiger partial charge in [0.15, 0.2) is 0 Å². The van der Waals surface area contributed by atoms with Crippen molar-refractivity contribution in [3.8, 4) is 5.75 Å². The van der Waals surface area contributed by atoms with Crippen LogP contribution in [0.2, 0.25) is 0 Å². The van der Waals surface area contributed by atoms with Crippen molar-refractivity contribution in [3.05, 3.63) is 121 Å². The first kappa shape index (κ1) is 22.6. The van der Waals surface area contributed by atoms with Crippen molar-refractivity contribution in [3.63, 3.8) is 0 Å². The minimum Gasteiger partial charge on any atom is -0.550 e. The molecule has 0 radical (unpaired) electrons. The molecule has 0 heterocycles. The smallest absolute Gasteiger partial charge is 0.119 e. The summed E-state index contributed by atoms with van der Waals surface area (Å²) in [5.41, 5.74) is 1.11. The molecule has 0 aliphatic rings. The topological polar surface area (TPSA) is 49.4 Å². The van der Waals surface area contributed by atoms with Crippen LogP contribution < -0.4 is 25.8 Å². The van der Waals surface area contributed by atoms with Gasteiger partial charge in [0.2, 0.25) is 0 Å². The summed E-state index contributed by atoms with van der Waals surface area (Å²) in [6.45, 7) is -1.71. The zero-order chi connectivity index (χ0) is 22.9. The predicted molar refractivity (Wildman–Crippen MR) is 136 cm³/mol. The summed E-state index contributed by atoms with van der Waals surface area (Å²) in [6.07, 6.45) is 0.435. The predicted octanol–water partition coefficient (Wildman–Crippen LogP) is 3.74. The molecule has 0 unspecified atom stereocenters. The highest BCUT2D eigenvalue weighted by Crippen LogP contribution is 2.44. The lowest BCUT2D eigenvalue weighted by molar-refractivity contribution is -0.305. The summed E-state index contributed by atoms with van der Waals surface area (Å²) < 4.78 is 5.70. The van der Waals surface area contributed by atoms with Crippen LogP contribution >= 0.6 is 6.89 Å². The van der Waals surface area contributed by atoms with Crippen molar-refractivity contribution >= 4 is 34.6 Å². The Balaban J connectivity index is 1.79. The van der Waals surface area contributed by atoms with Gasteiger partial charge in [0, 0.05) is 5.97 Å². The van der Waals surface area contributed by atoms with Gasteiger partial charge in [-0.15, -0.1) is 0 Å². The highest BCUT2D eigenvalue weighted by molar-refractivity contribution is 7.94. The number of carboxylic acids is 1. The molecule has 0 aliphatic carbocycles. The molecule has 4 aromatic carbocycles. The fraction of sp³-hybridized carbons (Fsp3) is 0.103. The lowest BCUT2D eigenvalue weighted by Crippen LogP contribution is -2.27. The summed E-state index contributed by atoms with van der Waals surface area (Å²) >= 11 is 0. The van der Waals surface area contributed by atoms with Crippen LogP contribution in [0.5, 0.6) is 5.75 Å². The second-order valence-electron chi connectivity index (χ2n) is 7.75. The van der Waals surface area contributed by atoms with Crippen LogP contribution in [0, 0.1) is 0 Å². The Morgan fingerprint density at radius 1 is 0.697 bits per heavy atom. The van der Waals surface area contributed by atoms with Gasteiger partial charge in [-0.3, -0.25) is 0 Å². The highest BCUT2D eigenvalue weighted by Gasteiger charge is 2.24. The van der Waals surface area contributed by atoms with E-state index in [-0.39, 0.29) is 6.42 Å². The zero-order valence-corrected chi connectivity index (χ0v) is 19.2. The molecule has 4 aromatic rings. The van der Waals surface area contributed by atoms with Crippen molar-refractivity contribution in [1.82, 2.24) is 0 Å². The molecule has 4 heteroatoms. The maximum atomic E-state index is 10.6. The summed E-state index contributed by atoms with van der Waals surface area (Å²) in [5, 5.41) is 14.5. The molecule has 0 bridgehead atoms. The molecule has 0 spiro atoms. The van der Waals surface area contributed by atoms with Crippen LogP contribution in [0.15, 0.2) is 115 Å². The second-order valence-corrected chi connectivity index (χ2v) is 11.0. The highest BCUT2D eigenvalue weighted by atomic mass is 31.2. The van der Waals surface area contributed by atoms with Gasteiger partial charge in [0.1, 0.15) is 5.75 Å². The van der Waals surface area contributed by atoms with E-state index in [0.29, 0.717) is 13.0 Å². The van der Waals surface area contributed by atoms with E-state index in [1.165, 1.54) is 15.9 Å². The SMILES string of the molecule is O=C([O-])CCCOc1ccc(C=P(c2ccccc2)(c2ccccc2)c2ccccc2)cc1. The third-order valence-electron chi connectivity index (χ3n) is 5.51. The number of carboxylic acid groups (broad SMARTS) is 1. The third-order valence-corrected chi connectivity index (χ3v) is 9.53. The molecule has 3 nitrogen and oxygen atoms in total. The molecule has 0 amide bonds. The minimum atomic E-state index is -2.07. The first-order chi connectivity index (χ1) is 16.2. The Morgan fingerprint density at radius 3 is 1.58 bits per heavy atom. The molecule has 0 atom stereocenters. The van der Waals surface area contributed by atoms with Crippen molar-refractivity contribution < 1.29 is 14.6 Å². The van der Waals surface area contributed by atoms with E-state index in [9.17, 15) is 9.90 Å². The fourth-order valence-corrected chi connectivity index (χ4v) is 7.83. The molecule has 0 aliphatic heterocycles. The Labute approximate surface area is 195 Å². The van der Waals surface area contributed by atoms with Gasteiger partial charge in [-0.05, 0) is 59.1 Å². The number of hydrogen-bond acceptors (Lipinski definition) is 3. The largest absolute Gasteiger partial charge is 0.550 e. The maximum Gasteiger partial charge on any atom is 0.119 e. The van der Waals surface area contributed by atoms with Gasteiger partial charge in [0.25, 0.3) is 0 Å². The van der Waals surface area contributed by atoms with E-state index < -0.39 is 12.9 Å². The first-order valence-electron chi connectivity index (χ1n) is 11.0. The number of hydrogen-bond donors (Lipinski definition) is 0. The van der Waals surface area contributed by atoms with Crippen molar-refractivity contribution in [2.75, 3.05) is 6.61 Å². The minimum absolute atomic E-state index is 0.00406. The Morgan fingerprint density at radius 2 is 1.15 bits per heavy atom. The van der Waals surface area contributed by atoms with Crippen LogP contribution in [-0.4, -0.2) is 18.4 Å². The van der Waals surface area contributed by atoms with Gasteiger partial charge in [-0.2, -0.15) is 0 Å². The number of carbonyl (C=O) groups is 1. The number of aliphatic carboxylic acids is 1. The Kier molecular flexibility index (Phi) is 7.44. The normalized spacial score (nSPS) is 11.0. The van der Waals surface area contributed by atoms with E-state index in [1.807, 2.05) is 12.1 Å². The van der Waals surface area contributed by atoms with Gasteiger partial charge in [0.05, 0.1) is 6.61 Å². The van der Waals surface area contributed by atoms with Crippen molar-refractivity contribution in [1.29, 1.82) is 0 Å². The van der Waals surface area contributed by atoms with Crippen LogP contribution in [0.4, 0.5) is 0 Å². The average molecular weight is 453 g/mol. The van der Waals surface area contributed by atoms with Gasteiger partial charge in [-0.1, -0.05) is 103 Å². The Hall–Kier alpha value is -3.55. The second kappa shape index (κ2) is 10.8. The fourth-order valence-electron chi connectivity index (χ4n) is 3.94. The lowest BCUT2D eigenvalue weighted by atomic mass is 10.2. The van der Waals surface area contributed by atoms with E-state index in [1.54, 1.807) is 0 Å². The van der Waals surface area contributed by atoms with Crippen LogP contribution in [-0.2, 0) is 4.79 Å². The molecular formula is C29H26O3P-. The van der Waals surface area contributed by atoms with E-state index in [0.717, 1.165) is 11.3 Å². The van der Waals surface area contributed by atoms with E-state index >= 15 is 0 Å². The van der Waals surface area contributed by atoms with Crippen molar-refractivity contribution in [2.45, 2.75) is 12.8 Å². The van der Waals surface area contributed by atoms with E-state index in [2.05, 4.69) is 109 Å². The standard InChI is InChI=1S/C29H27O3P/c30-29(31)17-10-22-32-25-20-18-24(19-21-25)23-33(26-11-4-1-5-12-26,27-13-6-2-7-14-27)28-15-8-3-9-16-28/h1-9,11-16,18-21,23H,10,17,22H2,(H,30,31)/p-1. The summed E-state index contributed by atoms with van der Waals surface area (Å²) in [6, 6.07) is 40.1. The monoisotopic (exact) mass is 453 g/mol. The molecule has 4 rings (SSSR count). The van der Waals surface area contributed by atoms with Gasteiger partial charge >= 0.3 is 0 Å². The van der Waals surface area contributed by atoms with Crippen LogP contribution in [0.3, 0.4) is 0 Å². The van der Waals surface area contributed by atoms with Crippen molar-refractivity contribution in [2.24, 2.45) is 0 Å². The molecule has 0 fully saturated rings. The average Bonchev–Trinajstić information content (AvgIpc) is 2.87. The zero-order valence-electron chi connectivity index (χ0n) is 18.3. The number of carbonyl (C=O) groups excluding carboxylic acids is 1. The van der Waals surface area contributed by atoms with Crippen LogP contribution in [0.1, 0.15) is 18.4 Å². The van der Waals surface area contributed by atoms with Gasteiger partial charge in [-0.25, -0.2) is 0 Å². The molecule has 166 valence electrons. The number of ether oxygens (including phenoxy) is 1. The molecule has 0 saturated carbocycles. The molecular weight excluding hydrogens is 427 g/mol. The van der Waals surface area contributed by atoms with Gasteiger partial charge < -0.3 is 14.6 Å². The summed E-state index contributed by atoms with van der Waals surface area (Å²) in [4.78, 5) is 10.6. The molecule has 0 aromatic heterocycles. The molecule has 33 heavy (non-hydrogen) atoms.